The number of benzene rings is 1. The lowest BCUT2D eigenvalue weighted by Gasteiger charge is -2.40. The highest BCUT2D eigenvalue weighted by molar-refractivity contribution is 5.77. The predicted octanol–water partition coefficient (Wildman–Crippen LogP) is 4.14. The van der Waals surface area contributed by atoms with Gasteiger partial charge in [0.2, 0.25) is 0 Å². The van der Waals surface area contributed by atoms with E-state index in [4.69, 9.17) is 4.74 Å². The summed E-state index contributed by atoms with van der Waals surface area (Å²) in [4.78, 5) is 0. The van der Waals surface area contributed by atoms with Gasteiger partial charge < -0.3 is 9.84 Å². The number of ether oxygens (including phenoxy) is 1. The first-order valence-corrected chi connectivity index (χ1v) is 6.72. The third-order valence-electron chi connectivity index (χ3n) is 4.19. The summed E-state index contributed by atoms with van der Waals surface area (Å²) in [7, 11) is 0. The average Bonchev–Trinajstić information content (AvgIpc) is 2.27. The van der Waals surface area contributed by atoms with Crippen LogP contribution in [0.15, 0.2) is 23.8 Å². The van der Waals surface area contributed by atoms with Gasteiger partial charge in [0.25, 0.3) is 0 Å². The van der Waals surface area contributed by atoms with Crippen LogP contribution in [0.4, 0.5) is 0 Å². The number of hydrogen-bond donors (Lipinski definition) is 1. The second-order valence-corrected chi connectivity index (χ2v) is 6.10. The van der Waals surface area contributed by atoms with Crippen LogP contribution < -0.4 is 4.74 Å². The molecule has 1 aliphatic heterocycles. The zero-order valence-electron chi connectivity index (χ0n) is 11.3. The van der Waals surface area contributed by atoms with Crippen molar-refractivity contribution in [1.82, 2.24) is 0 Å². The minimum absolute atomic E-state index is 0.240. The molecule has 1 unspecified atom stereocenters. The molecule has 1 heterocycles. The molecule has 2 nitrogen and oxygen atoms in total. The Kier molecular flexibility index (Phi) is 2.44. The zero-order chi connectivity index (χ0) is 12.9. The quantitative estimate of drug-likeness (QED) is 0.743. The fourth-order valence-corrected chi connectivity index (χ4v) is 3.23. The van der Waals surface area contributed by atoms with Crippen LogP contribution >= 0.6 is 0 Å². The van der Waals surface area contributed by atoms with Crippen molar-refractivity contribution in [3.63, 3.8) is 0 Å². The Morgan fingerprint density at radius 2 is 2.11 bits per heavy atom. The summed E-state index contributed by atoms with van der Waals surface area (Å²) in [6, 6.07) is 5.48. The number of aromatic hydroxyl groups is 1. The lowest BCUT2D eigenvalue weighted by molar-refractivity contribution is 0.135. The van der Waals surface area contributed by atoms with Gasteiger partial charge in [0, 0.05) is 11.6 Å². The van der Waals surface area contributed by atoms with Gasteiger partial charge in [0.15, 0.2) is 0 Å². The molecule has 0 radical (unpaired) electrons. The summed E-state index contributed by atoms with van der Waals surface area (Å²) >= 11 is 0. The van der Waals surface area contributed by atoms with Crippen molar-refractivity contribution in [2.45, 2.75) is 45.6 Å². The number of allylic oxidation sites excluding steroid dienone is 1. The van der Waals surface area contributed by atoms with E-state index in [1.807, 2.05) is 6.07 Å². The van der Waals surface area contributed by atoms with Gasteiger partial charge in [-0.2, -0.15) is 0 Å². The first kappa shape index (κ1) is 11.6. The Labute approximate surface area is 108 Å². The van der Waals surface area contributed by atoms with E-state index in [1.165, 1.54) is 23.1 Å². The van der Waals surface area contributed by atoms with E-state index < -0.39 is 0 Å². The molecular formula is C16H20O2. The van der Waals surface area contributed by atoms with Crippen LogP contribution in [0.1, 0.15) is 45.6 Å². The Morgan fingerprint density at radius 1 is 1.33 bits per heavy atom. The first-order valence-electron chi connectivity index (χ1n) is 6.72. The molecule has 96 valence electrons. The van der Waals surface area contributed by atoms with Crippen LogP contribution in [0.2, 0.25) is 0 Å². The molecule has 0 saturated carbocycles. The summed E-state index contributed by atoms with van der Waals surface area (Å²) in [5.41, 5.74) is 3.82. The molecule has 0 amide bonds. The molecule has 1 N–H and O–H groups in total. The summed E-state index contributed by atoms with van der Waals surface area (Å²) in [5, 5.41) is 9.61. The van der Waals surface area contributed by atoms with Crippen LogP contribution in [0, 0.1) is 5.92 Å². The van der Waals surface area contributed by atoms with Crippen molar-refractivity contribution in [3.05, 3.63) is 29.3 Å². The summed E-state index contributed by atoms with van der Waals surface area (Å²) in [5.74, 6) is 1.84. The molecule has 2 heteroatoms. The van der Waals surface area contributed by atoms with Crippen molar-refractivity contribution in [1.29, 1.82) is 0 Å². The van der Waals surface area contributed by atoms with Gasteiger partial charge in [0.1, 0.15) is 17.1 Å². The Morgan fingerprint density at radius 3 is 2.89 bits per heavy atom. The number of fused-ring (bicyclic) bond motifs is 2. The maximum Gasteiger partial charge on any atom is 0.131 e. The molecule has 1 atom stereocenters. The largest absolute Gasteiger partial charge is 0.508 e. The van der Waals surface area contributed by atoms with Gasteiger partial charge in [0.05, 0.1) is 0 Å². The molecule has 0 fully saturated rings. The molecule has 0 aromatic heterocycles. The van der Waals surface area contributed by atoms with E-state index in [2.05, 4.69) is 20.8 Å². The smallest absolute Gasteiger partial charge is 0.131 e. The third kappa shape index (κ3) is 1.71. The van der Waals surface area contributed by atoms with Crippen LogP contribution in [0.25, 0.3) is 5.57 Å². The summed E-state index contributed by atoms with van der Waals surface area (Å²) in [6.45, 7) is 6.57. The standard InChI is InChI=1S/C16H20O2/c1-10-4-7-14-13(8-10)12-6-5-11(17)9-15(12)18-16(14,2)3/h5-6,9-10,17H,4,7-8H2,1-3H3. The maximum atomic E-state index is 9.61. The molecule has 1 aromatic carbocycles. The van der Waals surface area contributed by atoms with E-state index in [1.54, 1.807) is 12.1 Å². The second kappa shape index (κ2) is 3.78. The molecular weight excluding hydrogens is 224 g/mol. The van der Waals surface area contributed by atoms with Crippen LogP contribution in [-0.2, 0) is 0 Å². The number of hydrogen-bond acceptors (Lipinski definition) is 2. The fraction of sp³-hybridized carbons (Fsp3) is 0.500. The lowest BCUT2D eigenvalue weighted by Crippen LogP contribution is -2.36. The maximum absolute atomic E-state index is 9.61. The number of phenolic OH excluding ortho intramolecular Hbond substituents is 1. The van der Waals surface area contributed by atoms with Crippen molar-refractivity contribution < 1.29 is 9.84 Å². The highest BCUT2D eigenvalue weighted by Gasteiger charge is 2.37. The SMILES string of the molecule is CC1CCC2=C(C1)c1ccc(O)cc1OC2(C)C. The molecule has 1 aliphatic carbocycles. The summed E-state index contributed by atoms with van der Waals surface area (Å²) in [6.07, 6.45) is 3.50. The van der Waals surface area contributed by atoms with E-state index in [0.717, 1.165) is 24.5 Å². The van der Waals surface area contributed by atoms with Crippen molar-refractivity contribution in [2.75, 3.05) is 0 Å². The Balaban J connectivity index is 2.18. The van der Waals surface area contributed by atoms with Crippen LogP contribution in [0.5, 0.6) is 11.5 Å². The van der Waals surface area contributed by atoms with Crippen LogP contribution in [0.3, 0.4) is 0 Å². The zero-order valence-corrected chi connectivity index (χ0v) is 11.3. The minimum Gasteiger partial charge on any atom is -0.508 e. The number of rotatable bonds is 0. The lowest BCUT2D eigenvalue weighted by atomic mass is 9.74. The third-order valence-corrected chi connectivity index (χ3v) is 4.19. The van der Waals surface area contributed by atoms with Gasteiger partial charge in [-0.25, -0.2) is 0 Å². The molecule has 1 aromatic rings. The molecule has 18 heavy (non-hydrogen) atoms. The van der Waals surface area contributed by atoms with Gasteiger partial charge in [-0.1, -0.05) is 6.92 Å². The highest BCUT2D eigenvalue weighted by Crippen LogP contribution is 2.48. The first-order chi connectivity index (χ1) is 8.47. The Bertz CT molecular complexity index is 526. The Hall–Kier alpha value is -1.44. The highest BCUT2D eigenvalue weighted by atomic mass is 16.5. The molecule has 0 bridgehead atoms. The monoisotopic (exact) mass is 244 g/mol. The number of phenols is 1. The normalized spacial score (nSPS) is 25.2. The van der Waals surface area contributed by atoms with E-state index in [0.29, 0.717) is 0 Å². The molecule has 3 rings (SSSR count). The predicted molar refractivity (Wildman–Crippen MR) is 72.7 cm³/mol. The average molecular weight is 244 g/mol. The molecule has 2 aliphatic rings. The molecule has 0 saturated heterocycles. The van der Waals surface area contributed by atoms with Gasteiger partial charge in [-0.3, -0.25) is 0 Å². The minimum atomic E-state index is -0.240. The van der Waals surface area contributed by atoms with Crippen molar-refractivity contribution in [2.24, 2.45) is 5.92 Å². The van der Waals surface area contributed by atoms with Crippen LogP contribution in [-0.4, -0.2) is 10.7 Å². The molecule has 0 spiro atoms. The topological polar surface area (TPSA) is 29.5 Å². The van der Waals surface area contributed by atoms with E-state index in [9.17, 15) is 5.11 Å². The van der Waals surface area contributed by atoms with Gasteiger partial charge >= 0.3 is 0 Å². The second-order valence-electron chi connectivity index (χ2n) is 6.10. The van der Waals surface area contributed by atoms with Crippen molar-refractivity contribution in [3.8, 4) is 11.5 Å². The fourth-order valence-electron chi connectivity index (χ4n) is 3.23. The van der Waals surface area contributed by atoms with E-state index >= 15 is 0 Å². The van der Waals surface area contributed by atoms with E-state index in [-0.39, 0.29) is 11.4 Å². The van der Waals surface area contributed by atoms with Gasteiger partial charge in [-0.05, 0) is 62.3 Å². The van der Waals surface area contributed by atoms with Gasteiger partial charge in [-0.15, -0.1) is 0 Å². The van der Waals surface area contributed by atoms with Crippen molar-refractivity contribution >= 4 is 5.57 Å². The summed E-state index contributed by atoms with van der Waals surface area (Å²) < 4.78 is 6.09.